The summed E-state index contributed by atoms with van der Waals surface area (Å²) in [5.74, 6) is 1.13. The summed E-state index contributed by atoms with van der Waals surface area (Å²) in [6.07, 6.45) is 8.44. The predicted octanol–water partition coefficient (Wildman–Crippen LogP) is 7.06. The fourth-order valence-electron chi connectivity index (χ4n) is 6.39. The van der Waals surface area contributed by atoms with Crippen LogP contribution in [0, 0.1) is 5.82 Å². The third kappa shape index (κ3) is 4.15. The predicted molar refractivity (Wildman–Crippen MR) is 147 cm³/mol. The van der Waals surface area contributed by atoms with Crippen LogP contribution in [-0.4, -0.2) is 39.8 Å². The Bertz CT molecular complexity index is 1350. The molecule has 8 heteroatoms. The number of piperidine rings is 1. The minimum absolute atomic E-state index is 0.0269. The lowest BCUT2D eigenvalue weighted by atomic mass is 9.97. The second-order valence-electron chi connectivity index (χ2n) is 11.3. The van der Waals surface area contributed by atoms with Crippen LogP contribution in [0.5, 0.6) is 0 Å². The molecule has 1 aromatic heterocycles. The Labute approximate surface area is 228 Å². The van der Waals surface area contributed by atoms with Crippen LogP contribution in [0.25, 0.3) is 0 Å². The van der Waals surface area contributed by atoms with Gasteiger partial charge in [-0.15, -0.1) is 0 Å². The third-order valence-corrected chi connectivity index (χ3v) is 9.05. The van der Waals surface area contributed by atoms with Gasteiger partial charge in [0.1, 0.15) is 5.82 Å². The molecule has 0 bridgehead atoms. The van der Waals surface area contributed by atoms with Crippen molar-refractivity contribution in [1.82, 2.24) is 14.7 Å². The number of halogens is 2. The highest BCUT2D eigenvalue weighted by Gasteiger charge is 2.43. The van der Waals surface area contributed by atoms with Gasteiger partial charge in [-0.05, 0) is 74.6 Å². The molecule has 38 heavy (non-hydrogen) atoms. The molecule has 2 aliphatic carbocycles. The molecule has 3 aromatic rings. The van der Waals surface area contributed by atoms with Crippen LogP contribution in [0.15, 0.2) is 48.7 Å². The van der Waals surface area contributed by atoms with E-state index < -0.39 is 0 Å². The number of carbonyl (C=O) groups excluding carboxylic acids is 1. The number of fused-ring (bicyclic) bond motifs is 1. The molecule has 2 saturated carbocycles. The highest BCUT2D eigenvalue weighted by Crippen LogP contribution is 2.45. The van der Waals surface area contributed by atoms with Crippen LogP contribution in [0.3, 0.4) is 0 Å². The van der Waals surface area contributed by atoms with E-state index in [1.807, 2.05) is 9.80 Å². The van der Waals surface area contributed by atoms with E-state index >= 15 is 0 Å². The third-order valence-electron chi connectivity index (χ3n) is 8.75. The Balaban J connectivity index is 1.18. The number of nitrogens with zero attached hydrogens (tertiary/aromatic N) is 5. The first-order valence-corrected chi connectivity index (χ1v) is 14.3. The van der Waals surface area contributed by atoms with E-state index in [9.17, 15) is 9.18 Å². The molecule has 198 valence electrons. The maximum atomic E-state index is 14.6. The molecule has 4 aliphatic rings. The lowest BCUT2D eigenvalue weighted by Crippen LogP contribution is -2.55. The van der Waals surface area contributed by atoms with Gasteiger partial charge >= 0.3 is 6.03 Å². The quantitative estimate of drug-likeness (QED) is 0.340. The maximum Gasteiger partial charge on any atom is 0.326 e. The van der Waals surface area contributed by atoms with Crippen molar-refractivity contribution in [2.75, 3.05) is 22.9 Å². The van der Waals surface area contributed by atoms with Crippen molar-refractivity contribution in [1.29, 1.82) is 0 Å². The summed E-state index contributed by atoms with van der Waals surface area (Å²) in [6, 6.07) is 13.9. The van der Waals surface area contributed by atoms with Gasteiger partial charge in [0.25, 0.3) is 0 Å². The maximum absolute atomic E-state index is 14.6. The molecular weight excluding hydrogens is 501 g/mol. The standard InChI is InChI=1S/C30H33ClFN5O/c1-19-25-18-36(22-11-12-22)33-29(25)35(17-21-5-2-3-6-24(21)20-9-10-20)30(38)37(19)23-13-15-34(16-14-23)28-26(31)7-4-8-27(28)32/h2-8,18-20,22-23H,9-17H2,1H3/t19-/m0/s1. The van der Waals surface area contributed by atoms with E-state index in [2.05, 4.69) is 47.0 Å². The zero-order chi connectivity index (χ0) is 26.0. The molecule has 2 aromatic carbocycles. The summed E-state index contributed by atoms with van der Waals surface area (Å²) in [7, 11) is 0. The van der Waals surface area contributed by atoms with Gasteiger partial charge in [-0.2, -0.15) is 5.10 Å². The first-order valence-electron chi connectivity index (χ1n) is 13.9. The molecule has 1 saturated heterocycles. The molecule has 1 atom stereocenters. The lowest BCUT2D eigenvalue weighted by molar-refractivity contribution is 0.136. The van der Waals surface area contributed by atoms with E-state index in [4.69, 9.17) is 16.7 Å². The van der Waals surface area contributed by atoms with Gasteiger partial charge in [0, 0.05) is 30.9 Å². The zero-order valence-corrected chi connectivity index (χ0v) is 22.4. The highest BCUT2D eigenvalue weighted by molar-refractivity contribution is 6.33. The number of aromatic nitrogens is 2. The minimum Gasteiger partial charge on any atom is -0.368 e. The fourth-order valence-corrected chi connectivity index (χ4v) is 6.67. The van der Waals surface area contributed by atoms with Gasteiger partial charge in [-0.3, -0.25) is 9.58 Å². The average Bonchev–Trinajstić information content (AvgIpc) is 3.86. The molecule has 2 aliphatic heterocycles. The smallest absolute Gasteiger partial charge is 0.326 e. The average molecular weight is 534 g/mol. The Morgan fingerprint density at radius 3 is 2.42 bits per heavy atom. The summed E-state index contributed by atoms with van der Waals surface area (Å²) in [5, 5.41) is 5.40. The molecule has 6 nitrogen and oxygen atoms in total. The molecule has 3 heterocycles. The number of hydrogen-bond donors (Lipinski definition) is 0. The number of carbonyl (C=O) groups is 1. The van der Waals surface area contributed by atoms with Crippen LogP contribution < -0.4 is 9.80 Å². The number of benzene rings is 2. The molecule has 0 spiro atoms. The number of para-hydroxylation sites is 1. The number of rotatable bonds is 6. The van der Waals surface area contributed by atoms with Crippen molar-refractivity contribution in [3.8, 4) is 0 Å². The van der Waals surface area contributed by atoms with Gasteiger partial charge in [0.15, 0.2) is 5.82 Å². The van der Waals surface area contributed by atoms with Crippen molar-refractivity contribution in [3.63, 3.8) is 0 Å². The van der Waals surface area contributed by atoms with Gasteiger partial charge < -0.3 is 9.80 Å². The Kier molecular flexibility index (Phi) is 5.87. The van der Waals surface area contributed by atoms with Crippen LogP contribution >= 0.6 is 11.6 Å². The monoisotopic (exact) mass is 533 g/mol. The molecule has 2 amide bonds. The topological polar surface area (TPSA) is 44.6 Å². The van der Waals surface area contributed by atoms with E-state index in [-0.39, 0.29) is 23.9 Å². The van der Waals surface area contributed by atoms with E-state index in [0.717, 1.165) is 37.1 Å². The lowest BCUT2D eigenvalue weighted by Gasteiger charge is -2.46. The van der Waals surface area contributed by atoms with Crippen molar-refractivity contribution < 1.29 is 9.18 Å². The Hall–Kier alpha value is -3.06. The van der Waals surface area contributed by atoms with E-state index in [0.29, 0.717) is 42.3 Å². The zero-order valence-electron chi connectivity index (χ0n) is 21.7. The second-order valence-corrected chi connectivity index (χ2v) is 11.7. The largest absolute Gasteiger partial charge is 0.368 e. The highest BCUT2D eigenvalue weighted by atomic mass is 35.5. The number of anilines is 2. The molecule has 7 rings (SSSR count). The molecule has 0 unspecified atom stereocenters. The van der Waals surface area contributed by atoms with Gasteiger partial charge in [0.05, 0.1) is 29.3 Å². The van der Waals surface area contributed by atoms with Crippen molar-refractivity contribution >= 4 is 29.1 Å². The Morgan fingerprint density at radius 2 is 1.71 bits per heavy atom. The number of amides is 2. The van der Waals surface area contributed by atoms with Crippen molar-refractivity contribution in [2.24, 2.45) is 0 Å². The number of hydrogen-bond acceptors (Lipinski definition) is 3. The summed E-state index contributed by atoms with van der Waals surface area (Å²) in [4.78, 5) is 20.3. The van der Waals surface area contributed by atoms with E-state index in [1.54, 1.807) is 12.1 Å². The summed E-state index contributed by atoms with van der Waals surface area (Å²) >= 11 is 6.36. The summed E-state index contributed by atoms with van der Waals surface area (Å²) < 4.78 is 16.7. The summed E-state index contributed by atoms with van der Waals surface area (Å²) in [5.41, 5.74) is 4.18. The van der Waals surface area contributed by atoms with E-state index in [1.165, 1.54) is 30.0 Å². The molecule has 0 radical (unpaired) electrons. The minimum atomic E-state index is -0.295. The Morgan fingerprint density at radius 1 is 0.947 bits per heavy atom. The van der Waals surface area contributed by atoms with Crippen molar-refractivity contribution in [2.45, 2.75) is 76.0 Å². The van der Waals surface area contributed by atoms with Gasteiger partial charge in [0.2, 0.25) is 0 Å². The van der Waals surface area contributed by atoms with Crippen LogP contribution in [0.2, 0.25) is 5.02 Å². The van der Waals surface area contributed by atoms with Crippen LogP contribution in [0.4, 0.5) is 20.7 Å². The van der Waals surface area contributed by atoms with Crippen LogP contribution in [0.1, 0.15) is 80.1 Å². The molecule has 0 N–H and O–H groups in total. The molecule has 3 fully saturated rings. The fraction of sp³-hybridized carbons (Fsp3) is 0.467. The first-order chi connectivity index (χ1) is 18.5. The van der Waals surface area contributed by atoms with Gasteiger partial charge in [-0.25, -0.2) is 9.18 Å². The van der Waals surface area contributed by atoms with Crippen molar-refractivity contribution in [3.05, 3.63) is 76.2 Å². The second kappa shape index (κ2) is 9.30. The summed E-state index contributed by atoms with van der Waals surface area (Å²) in [6.45, 7) is 3.97. The van der Waals surface area contributed by atoms with Gasteiger partial charge in [-0.1, -0.05) is 41.9 Å². The number of urea groups is 1. The normalized spacial score (nSPS) is 22.2. The SMILES string of the molecule is C[C@H]1c2cn(C3CC3)nc2N(Cc2ccccc2C2CC2)C(=O)N1C1CCN(c2c(F)cccc2Cl)CC1. The van der Waals surface area contributed by atoms with Crippen LogP contribution in [-0.2, 0) is 6.54 Å². The first kappa shape index (κ1) is 24.0. The molecular formula is C30H33ClFN5O.